The van der Waals surface area contributed by atoms with Gasteiger partial charge in [0.15, 0.2) is 5.79 Å². The first kappa shape index (κ1) is 20.2. The van der Waals surface area contributed by atoms with E-state index >= 15 is 0 Å². The molecule has 0 N–H and O–H groups in total. The Bertz CT molecular complexity index is 834. The lowest BCUT2D eigenvalue weighted by Crippen LogP contribution is -2.66. The van der Waals surface area contributed by atoms with Crippen molar-refractivity contribution in [2.24, 2.45) is 17.8 Å². The van der Waals surface area contributed by atoms with Gasteiger partial charge in [0.1, 0.15) is 18.8 Å². The van der Waals surface area contributed by atoms with Crippen LogP contribution < -0.4 is 0 Å². The Hall–Kier alpha value is -1.67. The molecule has 30 heavy (non-hydrogen) atoms. The normalized spacial score (nSPS) is 37.7. The SMILES string of the molecule is Cc1cccc(C(=O)OC23CC4CC(C2)C2(OCC(F)(F)C(F)(F)CO2)C(C4)C3)c1. The second-order valence-corrected chi connectivity index (χ2v) is 9.49. The molecule has 1 aromatic rings. The molecule has 4 bridgehead atoms. The fourth-order valence-corrected chi connectivity index (χ4v) is 6.14. The average Bonchev–Trinajstić information content (AvgIpc) is 2.75. The molecule has 8 heteroatoms. The maximum atomic E-state index is 13.9. The third-order valence-corrected chi connectivity index (χ3v) is 7.33. The molecule has 1 aromatic carbocycles. The van der Waals surface area contributed by atoms with Gasteiger partial charge in [-0.2, -0.15) is 17.6 Å². The molecule has 5 fully saturated rings. The molecule has 0 radical (unpaired) electrons. The molecule has 4 saturated carbocycles. The largest absolute Gasteiger partial charge is 0.455 e. The van der Waals surface area contributed by atoms with Gasteiger partial charge in [-0.25, -0.2) is 4.79 Å². The van der Waals surface area contributed by atoms with Gasteiger partial charge in [-0.1, -0.05) is 17.7 Å². The van der Waals surface area contributed by atoms with Gasteiger partial charge in [0.25, 0.3) is 0 Å². The zero-order valence-electron chi connectivity index (χ0n) is 16.6. The van der Waals surface area contributed by atoms with Gasteiger partial charge in [-0.05, 0) is 57.1 Å². The molecule has 4 nitrogen and oxygen atoms in total. The summed E-state index contributed by atoms with van der Waals surface area (Å²) in [5.74, 6) is -10.9. The van der Waals surface area contributed by atoms with E-state index in [-0.39, 0.29) is 17.8 Å². The maximum Gasteiger partial charge on any atom is 0.338 e. The molecule has 2 atom stereocenters. The molecule has 0 amide bonds. The maximum absolute atomic E-state index is 13.9. The smallest absolute Gasteiger partial charge is 0.338 e. The van der Waals surface area contributed by atoms with Crippen LogP contribution in [0.1, 0.15) is 48.0 Å². The van der Waals surface area contributed by atoms with Crippen LogP contribution in [0.15, 0.2) is 24.3 Å². The summed E-state index contributed by atoms with van der Waals surface area (Å²) >= 11 is 0. The van der Waals surface area contributed by atoms with Crippen molar-refractivity contribution < 1.29 is 36.6 Å². The highest BCUT2D eigenvalue weighted by atomic mass is 19.3. The van der Waals surface area contributed by atoms with Gasteiger partial charge in [0.2, 0.25) is 0 Å². The summed E-state index contributed by atoms with van der Waals surface area (Å²) in [6, 6.07) is 7.12. The number of benzene rings is 1. The highest BCUT2D eigenvalue weighted by Crippen LogP contribution is 2.63. The van der Waals surface area contributed by atoms with Crippen LogP contribution in [-0.4, -0.2) is 42.4 Å². The number of hydrogen-bond donors (Lipinski definition) is 0. The van der Waals surface area contributed by atoms with Crippen molar-refractivity contribution in [1.29, 1.82) is 0 Å². The molecule has 0 aromatic heterocycles. The van der Waals surface area contributed by atoms with E-state index in [1.807, 2.05) is 13.0 Å². The minimum absolute atomic E-state index is 0.231. The number of halogens is 4. The van der Waals surface area contributed by atoms with E-state index < -0.39 is 42.4 Å². The van der Waals surface area contributed by atoms with Crippen molar-refractivity contribution in [3.63, 3.8) is 0 Å². The quantitative estimate of drug-likeness (QED) is 0.504. The molecule has 1 spiro atoms. The molecule has 1 aliphatic heterocycles. The highest BCUT2D eigenvalue weighted by molar-refractivity contribution is 5.89. The summed E-state index contributed by atoms with van der Waals surface area (Å²) in [6.07, 6.45) is 2.71. The predicted octanol–water partition coefficient (Wildman–Crippen LogP) is 4.74. The molecular weight excluding hydrogens is 404 g/mol. The van der Waals surface area contributed by atoms with Crippen LogP contribution in [0.2, 0.25) is 0 Å². The summed E-state index contributed by atoms with van der Waals surface area (Å²) in [6.45, 7) is -0.848. The van der Waals surface area contributed by atoms with Crippen molar-refractivity contribution in [3.8, 4) is 0 Å². The van der Waals surface area contributed by atoms with Crippen molar-refractivity contribution >= 4 is 5.97 Å². The van der Waals surface area contributed by atoms with E-state index in [9.17, 15) is 22.4 Å². The zero-order chi connectivity index (χ0) is 21.4. The Morgan fingerprint density at radius 2 is 1.60 bits per heavy atom. The first-order valence-electron chi connectivity index (χ1n) is 10.4. The summed E-state index contributed by atoms with van der Waals surface area (Å²) in [7, 11) is 0. The third kappa shape index (κ3) is 2.98. The molecule has 2 unspecified atom stereocenters. The molecule has 6 rings (SSSR count). The van der Waals surface area contributed by atoms with Crippen LogP contribution in [0, 0.1) is 24.7 Å². The Labute approximate surface area is 171 Å². The Balaban J connectivity index is 1.39. The van der Waals surface area contributed by atoms with Crippen LogP contribution >= 0.6 is 0 Å². The highest BCUT2D eigenvalue weighted by Gasteiger charge is 2.69. The molecule has 4 aliphatic carbocycles. The van der Waals surface area contributed by atoms with E-state index in [0.717, 1.165) is 5.56 Å². The summed E-state index contributed by atoms with van der Waals surface area (Å²) in [5, 5.41) is 0. The number of ether oxygens (including phenoxy) is 3. The number of rotatable bonds is 2. The molecule has 164 valence electrons. The van der Waals surface area contributed by atoms with E-state index in [1.54, 1.807) is 18.2 Å². The first-order chi connectivity index (χ1) is 14.0. The fraction of sp³-hybridized carbons (Fsp3) is 0.682. The van der Waals surface area contributed by atoms with E-state index in [2.05, 4.69) is 0 Å². The van der Waals surface area contributed by atoms with Crippen molar-refractivity contribution in [2.45, 2.75) is 62.3 Å². The van der Waals surface area contributed by atoms with E-state index in [0.29, 0.717) is 37.7 Å². The van der Waals surface area contributed by atoms with Crippen LogP contribution in [0.25, 0.3) is 0 Å². The van der Waals surface area contributed by atoms with Gasteiger partial charge in [0.05, 0.1) is 5.56 Å². The lowest BCUT2D eigenvalue weighted by molar-refractivity contribution is -0.353. The number of carbonyl (C=O) groups is 1. The van der Waals surface area contributed by atoms with Crippen LogP contribution in [0.4, 0.5) is 17.6 Å². The van der Waals surface area contributed by atoms with Crippen molar-refractivity contribution in [2.75, 3.05) is 13.2 Å². The van der Waals surface area contributed by atoms with Gasteiger partial charge < -0.3 is 14.2 Å². The predicted molar refractivity (Wildman–Crippen MR) is 97.4 cm³/mol. The van der Waals surface area contributed by atoms with E-state index in [4.69, 9.17) is 14.2 Å². The number of hydrogen-bond acceptors (Lipinski definition) is 4. The van der Waals surface area contributed by atoms with Gasteiger partial charge >= 0.3 is 17.8 Å². The standard InChI is InChI=1S/C22H24F4O4/c1-13-3-2-4-15(5-13)18(27)30-19-8-14-6-16(9-19)22(17(7-14)10-19)28-11-20(23,24)21(25,26)12-29-22/h2-5,14,16-17H,6-12H2,1H3. The molecule has 5 aliphatic rings. The third-order valence-electron chi connectivity index (χ3n) is 7.33. The van der Waals surface area contributed by atoms with Crippen LogP contribution in [0.3, 0.4) is 0 Å². The summed E-state index contributed by atoms with van der Waals surface area (Å²) in [4.78, 5) is 12.8. The number of carbonyl (C=O) groups excluding carboxylic acids is 1. The summed E-state index contributed by atoms with van der Waals surface area (Å²) < 4.78 is 72.5. The Morgan fingerprint density at radius 1 is 1.00 bits per heavy atom. The monoisotopic (exact) mass is 428 g/mol. The zero-order valence-corrected chi connectivity index (χ0v) is 16.6. The molecule has 1 heterocycles. The Kier molecular flexibility index (Phi) is 4.33. The summed E-state index contributed by atoms with van der Waals surface area (Å²) in [5.41, 5.74) is 0.671. The van der Waals surface area contributed by atoms with Crippen LogP contribution in [0.5, 0.6) is 0 Å². The fourth-order valence-electron chi connectivity index (χ4n) is 6.14. The topological polar surface area (TPSA) is 44.8 Å². The minimum atomic E-state index is -4.28. The minimum Gasteiger partial charge on any atom is -0.455 e. The van der Waals surface area contributed by atoms with Crippen molar-refractivity contribution in [1.82, 2.24) is 0 Å². The van der Waals surface area contributed by atoms with Gasteiger partial charge in [-0.3, -0.25) is 0 Å². The van der Waals surface area contributed by atoms with Gasteiger partial charge in [-0.15, -0.1) is 0 Å². The van der Waals surface area contributed by atoms with E-state index in [1.165, 1.54) is 0 Å². The molecular formula is C22H24F4O4. The number of alkyl halides is 4. The van der Waals surface area contributed by atoms with Gasteiger partial charge in [0, 0.05) is 11.8 Å². The lowest BCUT2D eigenvalue weighted by Gasteiger charge is -2.63. The Morgan fingerprint density at radius 3 is 2.17 bits per heavy atom. The van der Waals surface area contributed by atoms with Crippen molar-refractivity contribution in [3.05, 3.63) is 35.4 Å². The van der Waals surface area contributed by atoms with Crippen LogP contribution in [-0.2, 0) is 14.2 Å². The average molecular weight is 428 g/mol. The lowest BCUT2D eigenvalue weighted by atomic mass is 9.51. The number of esters is 1. The molecule has 1 saturated heterocycles. The number of aryl methyl sites for hydroxylation is 1. The second kappa shape index (κ2) is 6.42. The second-order valence-electron chi connectivity index (χ2n) is 9.49. The first-order valence-corrected chi connectivity index (χ1v) is 10.4.